The first-order chi connectivity index (χ1) is 12.0. The molecule has 2 aliphatic rings. The van der Waals surface area contributed by atoms with E-state index in [9.17, 15) is 9.59 Å². The second-order valence-corrected chi connectivity index (χ2v) is 7.71. The zero-order valence-corrected chi connectivity index (χ0v) is 15.5. The highest BCUT2D eigenvalue weighted by Gasteiger charge is 2.44. The molecule has 1 aliphatic heterocycles. The monoisotopic (exact) mass is 346 g/mol. The molecular weight excluding hydrogens is 316 g/mol. The number of hydrogen-bond donors (Lipinski definition) is 1. The summed E-state index contributed by atoms with van der Waals surface area (Å²) >= 11 is 0. The third kappa shape index (κ3) is 4.05. The van der Waals surface area contributed by atoms with Crippen molar-refractivity contribution in [2.75, 3.05) is 6.54 Å². The Balaban J connectivity index is 1.79. The minimum absolute atomic E-state index is 0.105. The molecule has 2 fully saturated rings. The molecule has 1 aliphatic carbocycles. The Morgan fingerprint density at radius 1 is 1.24 bits per heavy atom. The summed E-state index contributed by atoms with van der Waals surface area (Å²) in [7, 11) is 0. The SMILES string of the molecule is CC(=O)NC1(C(=O)N2CCCCC2Cn2cc(C)cn2)CCCCC1. The summed E-state index contributed by atoms with van der Waals surface area (Å²) in [5.74, 6) is 0.0162. The first-order valence-electron chi connectivity index (χ1n) is 9.59. The standard InChI is InChI=1S/C19H30N4O2/c1-15-12-20-22(13-15)14-17-8-4-7-11-23(17)18(25)19(21-16(2)24)9-5-3-6-10-19/h12-13,17H,3-11,14H2,1-2H3,(H,21,24). The lowest BCUT2D eigenvalue weighted by Crippen LogP contribution is -2.63. The number of nitrogens with one attached hydrogen (secondary N) is 1. The van der Waals surface area contributed by atoms with Crippen LogP contribution in [-0.4, -0.2) is 44.6 Å². The maximum atomic E-state index is 13.5. The van der Waals surface area contributed by atoms with Crippen LogP contribution in [0.25, 0.3) is 0 Å². The van der Waals surface area contributed by atoms with Gasteiger partial charge in [-0.15, -0.1) is 0 Å². The molecule has 1 aromatic rings. The van der Waals surface area contributed by atoms with Gasteiger partial charge in [0.15, 0.2) is 0 Å². The quantitative estimate of drug-likeness (QED) is 0.910. The zero-order chi connectivity index (χ0) is 17.9. The van der Waals surface area contributed by atoms with Crippen LogP contribution in [0, 0.1) is 6.92 Å². The molecule has 6 heteroatoms. The summed E-state index contributed by atoms with van der Waals surface area (Å²) in [4.78, 5) is 27.3. The molecule has 0 aromatic carbocycles. The lowest BCUT2D eigenvalue weighted by Gasteiger charge is -2.44. The molecule has 3 rings (SSSR count). The van der Waals surface area contributed by atoms with Crippen molar-refractivity contribution in [2.24, 2.45) is 0 Å². The van der Waals surface area contributed by atoms with E-state index in [1.807, 2.05) is 28.9 Å². The van der Waals surface area contributed by atoms with E-state index in [0.717, 1.165) is 70.0 Å². The largest absolute Gasteiger partial charge is 0.342 e. The number of nitrogens with zero attached hydrogens (tertiary/aromatic N) is 3. The van der Waals surface area contributed by atoms with Crippen molar-refractivity contribution >= 4 is 11.8 Å². The Labute approximate surface area is 149 Å². The van der Waals surface area contributed by atoms with E-state index in [2.05, 4.69) is 10.4 Å². The topological polar surface area (TPSA) is 67.2 Å². The van der Waals surface area contributed by atoms with Crippen molar-refractivity contribution in [3.05, 3.63) is 18.0 Å². The molecule has 0 bridgehead atoms. The van der Waals surface area contributed by atoms with Crippen molar-refractivity contribution in [2.45, 2.75) is 83.3 Å². The van der Waals surface area contributed by atoms with Gasteiger partial charge in [-0.25, -0.2) is 0 Å². The van der Waals surface area contributed by atoms with Gasteiger partial charge in [-0.2, -0.15) is 5.10 Å². The van der Waals surface area contributed by atoms with E-state index in [-0.39, 0.29) is 17.9 Å². The molecule has 2 amide bonds. The Morgan fingerprint density at radius 2 is 2.00 bits per heavy atom. The molecule has 25 heavy (non-hydrogen) atoms. The van der Waals surface area contributed by atoms with Gasteiger partial charge in [0, 0.05) is 19.7 Å². The van der Waals surface area contributed by atoms with Gasteiger partial charge in [-0.1, -0.05) is 19.3 Å². The van der Waals surface area contributed by atoms with Crippen molar-refractivity contribution < 1.29 is 9.59 Å². The van der Waals surface area contributed by atoms with Gasteiger partial charge in [0.05, 0.1) is 18.8 Å². The van der Waals surface area contributed by atoms with Crippen molar-refractivity contribution in [3.63, 3.8) is 0 Å². The summed E-state index contributed by atoms with van der Waals surface area (Å²) in [5.41, 5.74) is 0.440. The number of amides is 2. The van der Waals surface area contributed by atoms with Crippen LogP contribution < -0.4 is 5.32 Å². The summed E-state index contributed by atoms with van der Waals surface area (Å²) in [6.07, 6.45) is 11.7. The van der Waals surface area contributed by atoms with Crippen LogP contribution in [-0.2, 0) is 16.1 Å². The molecule has 138 valence electrons. The number of rotatable bonds is 4. The number of carbonyl (C=O) groups excluding carboxylic acids is 2. The molecular formula is C19H30N4O2. The predicted octanol–water partition coefficient (Wildman–Crippen LogP) is 2.41. The summed E-state index contributed by atoms with van der Waals surface area (Å²) < 4.78 is 1.94. The first kappa shape index (κ1) is 18.0. The van der Waals surface area contributed by atoms with Crippen molar-refractivity contribution in [1.82, 2.24) is 20.0 Å². The summed E-state index contributed by atoms with van der Waals surface area (Å²) in [5, 5.41) is 7.42. The fraction of sp³-hybridized carbons (Fsp3) is 0.737. The second kappa shape index (κ2) is 7.58. The number of carbonyl (C=O) groups is 2. The molecule has 1 unspecified atom stereocenters. The van der Waals surface area contributed by atoms with Crippen LogP contribution in [0.5, 0.6) is 0 Å². The number of piperidine rings is 1. The van der Waals surface area contributed by atoms with E-state index in [4.69, 9.17) is 0 Å². The van der Waals surface area contributed by atoms with E-state index < -0.39 is 5.54 Å². The molecule has 1 aromatic heterocycles. The van der Waals surface area contributed by atoms with Gasteiger partial charge >= 0.3 is 0 Å². The van der Waals surface area contributed by atoms with Crippen LogP contribution >= 0.6 is 0 Å². The fourth-order valence-corrected chi connectivity index (χ4v) is 4.40. The maximum absolute atomic E-state index is 13.5. The number of likely N-dealkylation sites (tertiary alicyclic amines) is 1. The van der Waals surface area contributed by atoms with Gasteiger partial charge < -0.3 is 10.2 Å². The Kier molecular flexibility index (Phi) is 5.45. The normalized spacial score (nSPS) is 23.3. The lowest BCUT2D eigenvalue weighted by atomic mass is 9.79. The molecule has 1 saturated carbocycles. The minimum atomic E-state index is -0.695. The molecule has 0 radical (unpaired) electrons. The average Bonchev–Trinajstić information content (AvgIpc) is 3.00. The number of hydrogen-bond acceptors (Lipinski definition) is 3. The smallest absolute Gasteiger partial charge is 0.248 e. The van der Waals surface area contributed by atoms with Gasteiger partial charge in [0.2, 0.25) is 11.8 Å². The predicted molar refractivity (Wildman–Crippen MR) is 95.9 cm³/mol. The first-order valence-corrected chi connectivity index (χ1v) is 9.59. The zero-order valence-electron chi connectivity index (χ0n) is 15.5. The van der Waals surface area contributed by atoms with Gasteiger partial charge in [0.25, 0.3) is 0 Å². The molecule has 1 N–H and O–H groups in total. The Hall–Kier alpha value is -1.85. The van der Waals surface area contributed by atoms with Crippen LogP contribution in [0.4, 0.5) is 0 Å². The molecule has 2 heterocycles. The minimum Gasteiger partial charge on any atom is -0.342 e. The Morgan fingerprint density at radius 3 is 2.64 bits per heavy atom. The van der Waals surface area contributed by atoms with Gasteiger partial charge in [-0.05, 0) is 44.6 Å². The summed E-state index contributed by atoms with van der Waals surface area (Å²) in [6, 6.07) is 0.160. The van der Waals surface area contributed by atoms with E-state index in [1.165, 1.54) is 6.92 Å². The highest BCUT2D eigenvalue weighted by molar-refractivity contribution is 5.91. The van der Waals surface area contributed by atoms with Gasteiger partial charge in [0.1, 0.15) is 5.54 Å². The van der Waals surface area contributed by atoms with Crippen LogP contribution in [0.2, 0.25) is 0 Å². The fourth-order valence-electron chi connectivity index (χ4n) is 4.40. The number of aryl methyl sites for hydroxylation is 1. The third-order valence-corrected chi connectivity index (χ3v) is 5.58. The highest BCUT2D eigenvalue weighted by atomic mass is 16.2. The second-order valence-electron chi connectivity index (χ2n) is 7.71. The van der Waals surface area contributed by atoms with Crippen molar-refractivity contribution in [3.8, 4) is 0 Å². The third-order valence-electron chi connectivity index (χ3n) is 5.58. The molecule has 1 atom stereocenters. The Bertz CT molecular complexity index is 619. The van der Waals surface area contributed by atoms with Crippen LogP contribution in [0.15, 0.2) is 12.4 Å². The molecule has 1 saturated heterocycles. The van der Waals surface area contributed by atoms with E-state index >= 15 is 0 Å². The molecule has 6 nitrogen and oxygen atoms in total. The van der Waals surface area contributed by atoms with Gasteiger partial charge in [-0.3, -0.25) is 14.3 Å². The van der Waals surface area contributed by atoms with E-state index in [0.29, 0.717) is 0 Å². The lowest BCUT2D eigenvalue weighted by molar-refractivity contribution is -0.147. The highest BCUT2D eigenvalue weighted by Crippen LogP contribution is 2.32. The van der Waals surface area contributed by atoms with E-state index in [1.54, 1.807) is 0 Å². The summed E-state index contributed by atoms with van der Waals surface area (Å²) in [6.45, 7) is 5.06. The van der Waals surface area contributed by atoms with Crippen LogP contribution in [0.3, 0.4) is 0 Å². The average molecular weight is 346 g/mol. The number of aromatic nitrogens is 2. The maximum Gasteiger partial charge on any atom is 0.248 e. The van der Waals surface area contributed by atoms with Crippen LogP contribution in [0.1, 0.15) is 63.9 Å². The van der Waals surface area contributed by atoms with Crippen molar-refractivity contribution in [1.29, 1.82) is 0 Å². The molecule has 0 spiro atoms.